The average molecular weight is 724 g/mol. The maximum atomic E-state index is 12.8. The van der Waals surface area contributed by atoms with Crippen molar-refractivity contribution in [2.45, 2.75) is 57.1 Å². The number of rotatable bonds is 8. The Morgan fingerprint density at radius 1 is 1.19 bits per heavy atom. The second-order valence-corrected chi connectivity index (χ2v) is 15.3. The number of urea groups is 1. The smallest absolute Gasteiger partial charge is 0.414 e. The summed E-state index contributed by atoms with van der Waals surface area (Å²) in [5, 5.41) is 23.5. The number of nitrogens with zero attached hydrogens (tertiary/aromatic N) is 5. The number of hydrogen-bond acceptors (Lipinski definition) is 7. The molecule has 0 aliphatic carbocycles. The van der Waals surface area contributed by atoms with E-state index in [1.807, 2.05) is 30.1 Å². The molecule has 4 fully saturated rings. The van der Waals surface area contributed by atoms with Crippen molar-refractivity contribution >= 4 is 51.4 Å². The summed E-state index contributed by atoms with van der Waals surface area (Å²) in [5.41, 5.74) is 8.82. The van der Waals surface area contributed by atoms with Crippen LogP contribution in [-0.2, 0) is 22.7 Å². The second-order valence-electron chi connectivity index (χ2n) is 13.5. The van der Waals surface area contributed by atoms with Gasteiger partial charge in [-0.25, -0.2) is 13.8 Å². The number of hydrogen-bond donors (Lipinski definition) is 2. The van der Waals surface area contributed by atoms with Gasteiger partial charge in [0.05, 0.1) is 34.6 Å². The van der Waals surface area contributed by atoms with E-state index in [0.29, 0.717) is 22.6 Å². The molecule has 0 radical (unpaired) electrons. The summed E-state index contributed by atoms with van der Waals surface area (Å²) in [4.78, 5) is 40.4. The summed E-state index contributed by atoms with van der Waals surface area (Å²) in [7, 11) is 0. The van der Waals surface area contributed by atoms with Gasteiger partial charge in [-0.05, 0) is 31.7 Å². The van der Waals surface area contributed by atoms with Crippen molar-refractivity contribution in [3.63, 3.8) is 0 Å². The van der Waals surface area contributed by atoms with Crippen LogP contribution in [0.25, 0.3) is 10.4 Å². The molecule has 47 heavy (non-hydrogen) atoms. The van der Waals surface area contributed by atoms with Gasteiger partial charge in [0.1, 0.15) is 58.1 Å². The highest BCUT2D eigenvalue weighted by Crippen LogP contribution is 2.51. The summed E-state index contributed by atoms with van der Waals surface area (Å²) in [5.74, 6) is -2.58. The van der Waals surface area contributed by atoms with Crippen molar-refractivity contribution in [1.82, 2.24) is 9.30 Å². The number of nitrogens with two attached hydrogens (primary N) is 1. The summed E-state index contributed by atoms with van der Waals surface area (Å²) in [6.07, 6.45) is 5.18. The number of carboxylic acids is 1. The van der Waals surface area contributed by atoms with E-state index in [2.05, 4.69) is 35.8 Å². The lowest BCUT2D eigenvalue weighted by Crippen LogP contribution is -3.00. The summed E-state index contributed by atoms with van der Waals surface area (Å²) < 4.78 is 5.68. The van der Waals surface area contributed by atoms with E-state index in [9.17, 15) is 24.6 Å². The number of primary amides is 1. The van der Waals surface area contributed by atoms with Crippen molar-refractivity contribution in [1.29, 1.82) is 0 Å². The minimum Gasteiger partial charge on any atom is -1.00 e. The average Bonchev–Trinajstić information content (AvgIpc) is 3.60. The molecule has 0 saturated carbocycles. The molecule has 3 aromatic rings. The number of aliphatic hydroxyl groups excluding tert-OH is 1. The number of benzene rings is 1. The Bertz CT molecular complexity index is 1780. The number of fused-ring (bicyclic) bond motifs is 5. The van der Waals surface area contributed by atoms with E-state index in [-0.39, 0.29) is 54.4 Å². The maximum absolute atomic E-state index is 12.8. The van der Waals surface area contributed by atoms with Crippen molar-refractivity contribution in [2.75, 3.05) is 39.0 Å². The number of thioether (sulfide) groups is 1. The molecule has 2 aromatic heterocycles. The third-order valence-electron chi connectivity index (χ3n) is 11.0. The minimum atomic E-state index is -1.37. The lowest BCUT2D eigenvalue weighted by Gasteiger charge is -2.56. The molecule has 15 heteroatoms. The number of aromatic nitrogens is 2. The number of carbonyl (C=O) groups excluding carboxylic acids is 3. The van der Waals surface area contributed by atoms with Gasteiger partial charge in [0.15, 0.2) is 0 Å². The molecule has 11 nitrogen and oxygen atoms in total. The van der Waals surface area contributed by atoms with Crippen LogP contribution in [0.1, 0.15) is 36.8 Å². The third-order valence-corrected chi connectivity index (χ3v) is 13.1. The number of carboxylic acid groups (broad SMARTS) is 1. The van der Waals surface area contributed by atoms with Gasteiger partial charge in [-0.15, -0.1) is 0 Å². The largest absolute Gasteiger partial charge is 1.00 e. The quantitative estimate of drug-likeness (QED) is 0.104. The number of halogens is 2. The minimum absolute atomic E-state index is 0. The Kier molecular flexibility index (Phi) is 9.61. The van der Waals surface area contributed by atoms with E-state index in [0.717, 1.165) is 58.5 Å². The van der Waals surface area contributed by atoms with E-state index in [4.69, 9.17) is 5.73 Å². The maximum Gasteiger partial charge on any atom is 0.414 e. The van der Waals surface area contributed by atoms with Gasteiger partial charge in [-0.3, -0.25) is 4.79 Å². The fraction of sp³-hybridized carbons (Fsp3) is 0.500. The van der Waals surface area contributed by atoms with E-state index < -0.39 is 18.0 Å². The number of amides is 3. The number of aliphatic carboxylic acids is 1. The highest BCUT2D eigenvalue weighted by atomic mass is 35.5. The molecule has 7 heterocycles. The van der Waals surface area contributed by atoms with Gasteiger partial charge < -0.3 is 54.9 Å². The SMILES string of the molecule is CSc1c2sc(C3=C(C(=O)[O-])N4C(=O)[C@H]([C@@H](C)O)[C@H]4[C@H]3C)cn2c[n+]1Cc1cccc(C[N+]23CC[N+](C(N)=O)(CC2)CC3C)c1.[Cl-].[Cl-]. The topological polar surface area (TPSA) is 132 Å². The lowest BCUT2D eigenvalue weighted by molar-refractivity contribution is -1.07. The summed E-state index contributed by atoms with van der Waals surface area (Å²) in [6, 6.07) is 8.57. The number of carbonyl (C=O) groups is 3. The standard InChI is InChI=1S/C32H39N6O5S2.2ClH/c1-18-15-38(32(33)43)10-8-37(18,9-11-38)16-22-7-5-6-21(12-22)13-34-17-35-14-23(45-30(35)29(34)44-4)24-19(2)26-25(20(3)39)28(40)36(26)27(24)31(41)42;;/h5-7,12,14,17-20,25-26,39H,8-11,13,15-16H2,1-4H3,(H-2,33,41,42,43);2*1H/q+1;;/p-1/t18?,19-,20+,25+,26+,37?,38?;;/m0../s1. The number of thiazole rings is 1. The molecule has 254 valence electrons. The normalized spacial score (nSPS) is 30.1. The number of quaternary nitrogens is 2. The molecule has 5 aliphatic heterocycles. The van der Waals surface area contributed by atoms with Crippen LogP contribution >= 0.6 is 23.1 Å². The Morgan fingerprint density at radius 2 is 1.87 bits per heavy atom. The van der Waals surface area contributed by atoms with E-state index in [1.165, 1.54) is 27.4 Å². The van der Waals surface area contributed by atoms with Crippen LogP contribution < -0.4 is 40.2 Å². The predicted octanol–water partition coefficient (Wildman–Crippen LogP) is -4.99. The third kappa shape index (κ3) is 5.38. The second kappa shape index (κ2) is 12.7. The number of imidazole rings is 1. The molecule has 5 atom stereocenters. The first-order chi connectivity index (χ1) is 21.4. The van der Waals surface area contributed by atoms with Crippen LogP contribution in [0, 0.1) is 11.8 Å². The molecule has 0 spiro atoms. The fourth-order valence-electron chi connectivity index (χ4n) is 8.58. The zero-order valence-electron chi connectivity index (χ0n) is 26.8. The Hall–Kier alpha value is -2.65. The summed E-state index contributed by atoms with van der Waals surface area (Å²) >= 11 is 3.16. The fourth-order valence-corrected chi connectivity index (χ4v) is 10.8. The van der Waals surface area contributed by atoms with Crippen molar-refractivity contribution in [3.8, 4) is 0 Å². The summed E-state index contributed by atoms with van der Waals surface area (Å²) in [6.45, 7) is 11.7. The number of β-lactam (4-membered cyclic amide) rings is 1. The molecule has 5 aliphatic rings. The zero-order chi connectivity index (χ0) is 32.0. The van der Waals surface area contributed by atoms with Crippen molar-refractivity contribution in [3.05, 3.63) is 58.5 Å². The molecular weight excluding hydrogens is 683 g/mol. The van der Waals surface area contributed by atoms with Gasteiger partial charge in [0.25, 0.3) is 6.33 Å². The van der Waals surface area contributed by atoms with Crippen LogP contribution in [-0.4, -0.2) is 98.4 Å². The molecule has 8 rings (SSSR count). The monoisotopic (exact) mass is 722 g/mol. The Balaban J connectivity index is 0.00000217. The lowest BCUT2D eigenvalue weighted by atomic mass is 9.77. The van der Waals surface area contributed by atoms with Crippen LogP contribution in [0.3, 0.4) is 0 Å². The molecule has 1 unspecified atom stereocenters. The van der Waals surface area contributed by atoms with Crippen molar-refractivity contribution in [2.24, 2.45) is 17.6 Å². The van der Waals surface area contributed by atoms with Crippen LogP contribution in [0.2, 0.25) is 0 Å². The molecule has 3 N–H and O–H groups in total. The van der Waals surface area contributed by atoms with Gasteiger partial charge in [0, 0.05) is 17.1 Å². The molecular formula is C32H40Cl2N6O5S2. The molecule has 4 saturated heterocycles. The zero-order valence-corrected chi connectivity index (χ0v) is 29.9. The van der Waals surface area contributed by atoms with Gasteiger partial charge in [-0.2, -0.15) is 4.40 Å². The van der Waals surface area contributed by atoms with Crippen molar-refractivity contribution < 1.29 is 62.9 Å². The number of aliphatic hydroxyl groups is 1. The first kappa shape index (κ1) is 35.7. The van der Waals surface area contributed by atoms with Crippen LogP contribution in [0.4, 0.5) is 4.79 Å². The highest BCUT2D eigenvalue weighted by molar-refractivity contribution is 7.98. The van der Waals surface area contributed by atoms with E-state index in [1.54, 1.807) is 18.7 Å². The van der Waals surface area contributed by atoms with Gasteiger partial charge in [0.2, 0.25) is 15.8 Å². The first-order valence-electron chi connectivity index (χ1n) is 15.5. The van der Waals surface area contributed by atoms with Crippen LogP contribution in [0.15, 0.2) is 47.5 Å². The molecule has 2 bridgehead atoms. The van der Waals surface area contributed by atoms with Gasteiger partial charge >= 0.3 is 6.03 Å². The Labute approximate surface area is 294 Å². The first-order valence-corrected chi connectivity index (χ1v) is 17.6. The predicted molar refractivity (Wildman–Crippen MR) is 167 cm³/mol. The van der Waals surface area contributed by atoms with Gasteiger partial charge in [-0.1, -0.05) is 48.2 Å². The van der Waals surface area contributed by atoms with E-state index >= 15 is 0 Å². The molecule has 1 aromatic carbocycles. The molecule has 3 amide bonds. The Morgan fingerprint density at radius 3 is 2.47 bits per heavy atom. The highest BCUT2D eigenvalue weighted by Gasteiger charge is 2.59. The van der Waals surface area contributed by atoms with Crippen LogP contribution in [0.5, 0.6) is 0 Å². The number of piperazine rings is 3.